The van der Waals surface area contributed by atoms with Gasteiger partial charge >= 0.3 is 6.09 Å². The number of carbonyl (C=O) groups is 2. The van der Waals surface area contributed by atoms with E-state index in [9.17, 15) is 9.59 Å². The van der Waals surface area contributed by atoms with Gasteiger partial charge in [0, 0.05) is 49.9 Å². The quantitative estimate of drug-likeness (QED) is 0.790. The molecule has 0 aromatic heterocycles. The van der Waals surface area contributed by atoms with Gasteiger partial charge in [-0.1, -0.05) is 0 Å². The lowest BCUT2D eigenvalue weighted by Gasteiger charge is -2.36. The first-order chi connectivity index (χ1) is 12.3. The van der Waals surface area contributed by atoms with E-state index in [1.807, 2.05) is 45.0 Å². The maximum atomic E-state index is 12.1. The zero-order chi connectivity index (χ0) is 19.2. The average molecular weight is 382 g/mol. The van der Waals surface area contributed by atoms with Gasteiger partial charge in [0.2, 0.25) is 5.91 Å². The zero-order valence-electron chi connectivity index (χ0n) is 15.8. The molecule has 1 heterocycles. The first kappa shape index (κ1) is 20.4. The highest BCUT2D eigenvalue weighted by Crippen LogP contribution is 2.20. The Morgan fingerprint density at radius 2 is 1.73 bits per heavy atom. The van der Waals surface area contributed by atoms with E-state index in [1.54, 1.807) is 4.90 Å². The number of rotatable bonds is 5. The van der Waals surface area contributed by atoms with Crippen LogP contribution in [0.4, 0.5) is 16.2 Å². The fourth-order valence-electron chi connectivity index (χ4n) is 2.68. The van der Waals surface area contributed by atoms with Crippen molar-refractivity contribution in [1.82, 2.24) is 4.90 Å². The number of alkyl halides is 1. The first-order valence-corrected chi connectivity index (χ1v) is 9.51. The fraction of sp³-hybridized carbons (Fsp3) is 0.579. The second-order valence-electron chi connectivity index (χ2n) is 7.34. The molecule has 2 rings (SSSR count). The van der Waals surface area contributed by atoms with E-state index in [1.165, 1.54) is 0 Å². The molecule has 0 radical (unpaired) electrons. The molecule has 1 saturated heterocycles. The summed E-state index contributed by atoms with van der Waals surface area (Å²) >= 11 is 5.60. The largest absolute Gasteiger partial charge is 0.444 e. The smallest absolute Gasteiger partial charge is 0.410 e. The van der Waals surface area contributed by atoms with E-state index in [4.69, 9.17) is 16.3 Å². The number of hydrogen-bond donors (Lipinski definition) is 1. The molecule has 7 heteroatoms. The fourth-order valence-corrected chi connectivity index (χ4v) is 2.81. The van der Waals surface area contributed by atoms with Gasteiger partial charge in [0.05, 0.1) is 0 Å². The van der Waals surface area contributed by atoms with Gasteiger partial charge in [0.15, 0.2) is 0 Å². The monoisotopic (exact) mass is 381 g/mol. The van der Waals surface area contributed by atoms with E-state index in [0.29, 0.717) is 31.8 Å². The molecule has 0 atom stereocenters. The van der Waals surface area contributed by atoms with E-state index in [-0.39, 0.29) is 12.0 Å². The van der Waals surface area contributed by atoms with Crippen LogP contribution in [0.25, 0.3) is 0 Å². The summed E-state index contributed by atoms with van der Waals surface area (Å²) in [5, 5.41) is 2.87. The van der Waals surface area contributed by atoms with Crippen LogP contribution < -0.4 is 10.2 Å². The predicted molar refractivity (Wildman–Crippen MR) is 105 cm³/mol. The maximum Gasteiger partial charge on any atom is 0.410 e. The molecule has 6 nitrogen and oxygen atoms in total. The number of nitrogens with one attached hydrogen (secondary N) is 1. The van der Waals surface area contributed by atoms with Gasteiger partial charge in [-0.15, -0.1) is 11.6 Å². The molecule has 1 aliphatic rings. The van der Waals surface area contributed by atoms with Crippen LogP contribution in [0.2, 0.25) is 0 Å². The van der Waals surface area contributed by atoms with Gasteiger partial charge in [-0.2, -0.15) is 0 Å². The molecule has 26 heavy (non-hydrogen) atoms. The van der Waals surface area contributed by atoms with Crippen molar-refractivity contribution in [2.75, 3.05) is 42.3 Å². The van der Waals surface area contributed by atoms with Crippen molar-refractivity contribution in [3.8, 4) is 0 Å². The van der Waals surface area contributed by atoms with E-state index >= 15 is 0 Å². The highest BCUT2D eigenvalue weighted by Gasteiger charge is 2.25. The van der Waals surface area contributed by atoms with Gasteiger partial charge in [0.1, 0.15) is 5.60 Å². The molecule has 0 bridgehead atoms. The number of carbonyl (C=O) groups excluding carboxylic acids is 2. The van der Waals surface area contributed by atoms with Crippen LogP contribution in [-0.2, 0) is 9.53 Å². The summed E-state index contributed by atoms with van der Waals surface area (Å²) in [5.41, 5.74) is 1.38. The second kappa shape index (κ2) is 9.12. The predicted octanol–water partition coefficient (Wildman–Crippen LogP) is 3.70. The standard InChI is InChI=1S/C19H28ClN3O3/c1-19(2,3)26-18(25)23-13-11-22(12-14-23)16-8-6-15(7-9-16)21-17(24)5-4-10-20/h6-9H,4-5,10-14H2,1-3H3,(H,21,24). The van der Waals surface area contributed by atoms with Crippen molar-refractivity contribution in [3.05, 3.63) is 24.3 Å². The summed E-state index contributed by atoms with van der Waals surface area (Å²) in [6.45, 7) is 8.38. The van der Waals surface area contributed by atoms with Crippen molar-refractivity contribution >= 4 is 35.0 Å². The highest BCUT2D eigenvalue weighted by atomic mass is 35.5. The van der Waals surface area contributed by atoms with E-state index in [0.717, 1.165) is 24.5 Å². The summed E-state index contributed by atoms with van der Waals surface area (Å²) in [6, 6.07) is 7.77. The van der Waals surface area contributed by atoms with Crippen LogP contribution >= 0.6 is 11.6 Å². The Balaban J connectivity index is 1.84. The number of nitrogens with zero attached hydrogens (tertiary/aromatic N) is 2. The number of piperazine rings is 1. The molecular weight excluding hydrogens is 354 g/mol. The number of anilines is 2. The Morgan fingerprint density at radius 1 is 1.12 bits per heavy atom. The Labute approximate surface area is 160 Å². The molecular formula is C19H28ClN3O3. The van der Waals surface area contributed by atoms with Gasteiger partial charge in [-0.05, 0) is 51.5 Å². The molecule has 0 aliphatic carbocycles. The Hall–Kier alpha value is -1.95. The van der Waals surface area contributed by atoms with Crippen molar-refractivity contribution in [2.45, 2.75) is 39.2 Å². The Bertz CT molecular complexity index is 605. The number of ether oxygens (including phenoxy) is 1. The lowest BCUT2D eigenvalue weighted by molar-refractivity contribution is -0.116. The minimum absolute atomic E-state index is 0.0237. The van der Waals surface area contributed by atoms with Crippen LogP contribution in [0.15, 0.2) is 24.3 Å². The number of halogens is 1. The van der Waals surface area contributed by atoms with Crippen molar-refractivity contribution < 1.29 is 14.3 Å². The van der Waals surface area contributed by atoms with E-state index in [2.05, 4.69) is 10.2 Å². The summed E-state index contributed by atoms with van der Waals surface area (Å²) in [5.74, 6) is 0.464. The van der Waals surface area contributed by atoms with Crippen molar-refractivity contribution in [2.24, 2.45) is 0 Å². The molecule has 0 saturated carbocycles. The lowest BCUT2D eigenvalue weighted by atomic mass is 10.2. The second-order valence-corrected chi connectivity index (χ2v) is 7.72. The number of amides is 2. The van der Waals surface area contributed by atoms with Gasteiger partial charge < -0.3 is 19.9 Å². The topological polar surface area (TPSA) is 61.9 Å². The maximum absolute atomic E-state index is 12.1. The molecule has 2 amide bonds. The lowest BCUT2D eigenvalue weighted by Crippen LogP contribution is -2.50. The number of benzene rings is 1. The third-order valence-corrected chi connectivity index (χ3v) is 4.25. The molecule has 0 unspecified atom stereocenters. The molecule has 1 fully saturated rings. The molecule has 1 aromatic rings. The number of hydrogen-bond acceptors (Lipinski definition) is 4. The SMILES string of the molecule is CC(C)(C)OC(=O)N1CCN(c2ccc(NC(=O)CCCCl)cc2)CC1. The van der Waals surface area contributed by atoms with Gasteiger partial charge in [-0.3, -0.25) is 4.79 Å². The highest BCUT2D eigenvalue weighted by molar-refractivity contribution is 6.18. The molecule has 1 aliphatic heterocycles. The van der Waals surface area contributed by atoms with Gasteiger partial charge in [0.25, 0.3) is 0 Å². The minimum Gasteiger partial charge on any atom is -0.444 e. The van der Waals surface area contributed by atoms with Crippen LogP contribution in [0, 0.1) is 0 Å². The zero-order valence-corrected chi connectivity index (χ0v) is 16.5. The van der Waals surface area contributed by atoms with Crippen LogP contribution in [-0.4, -0.2) is 54.6 Å². The molecule has 1 N–H and O–H groups in total. The van der Waals surface area contributed by atoms with Gasteiger partial charge in [-0.25, -0.2) is 4.79 Å². The van der Waals surface area contributed by atoms with Crippen molar-refractivity contribution in [3.63, 3.8) is 0 Å². The first-order valence-electron chi connectivity index (χ1n) is 8.97. The van der Waals surface area contributed by atoms with E-state index < -0.39 is 5.60 Å². The van der Waals surface area contributed by atoms with Crippen LogP contribution in [0.1, 0.15) is 33.6 Å². The minimum atomic E-state index is -0.474. The molecule has 0 spiro atoms. The van der Waals surface area contributed by atoms with Crippen LogP contribution in [0.3, 0.4) is 0 Å². The average Bonchev–Trinajstić information content (AvgIpc) is 2.59. The molecule has 144 valence electrons. The molecule has 1 aromatic carbocycles. The van der Waals surface area contributed by atoms with Crippen molar-refractivity contribution in [1.29, 1.82) is 0 Å². The summed E-state index contributed by atoms with van der Waals surface area (Å²) in [4.78, 5) is 27.8. The third-order valence-electron chi connectivity index (χ3n) is 3.99. The Kier molecular flexibility index (Phi) is 7.14. The third kappa shape index (κ3) is 6.41. The Morgan fingerprint density at radius 3 is 2.27 bits per heavy atom. The normalized spacial score (nSPS) is 14.9. The summed E-state index contributed by atoms with van der Waals surface area (Å²) < 4.78 is 5.42. The summed E-state index contributed by atoms with van der Waals surface area (Å²) in [7, 11) is 0. The summed E-state index contributed by atoms with van der Waals surface area (Å²) in [6.07, 6.45) is 0.845. The van der Waals surface area contributed by atoms with Crippen LogP contribution in [0.5, 0.6) is 0 Å².